The Balaban J connectivity index is 2.14. The zero-order valence-corrected chi connectivity index (χ0v) is 8.31. The summed E-state index contributed by atoms with van der Waals surface area (Å²) in [5.74, 6) is 5.74. The van der Waals surface area contributed by atoms with Crippen LogP contribution in [0.2, 0.25) is 0 Å². The number of hydrazine groups is 1. The molecule has 0 radical (unpaired) electrons. The zero-order chi connectivity index (χ0) is 9.97. The van der Waals surface area contributed by atoms with Crippen molar-refractivity contribution >= 4 is 0 Å². The number of ether oxygens (including phenoxy) is 1. The summed E-state index contributed by atoms with van der Waals surface area (Å²) in [6, 6.07) is 4.03. The molecule has 0 saturated carbocycles. The van der Waals surface area contributed by atoms with Gasteiger partial charge < -0.3 is 4.74 Å². The molecule has 1 unspecified atom stereocenters. The Kier molecular flexibility index (Phi) is 2.77. The second-order valence-corrected chi connectivity index (χ2v) is 3.58. The molecule has 0 spiro atoms. The van der Waals surface area contributed by atoms with Crippen molar-refractivity contribution in [1.29, 1.82) is 0 Å². The van der Waals surface area contributed by atoms with Gasteiger partial charge in [0.15, 0.2) is 0 Å². The highest BCUT2D eigenvalue weighted by atomic mass is 16.5. The van der Waals surface area contributed by atoms with Gasteiger partial charge in [0.1, 0.15) is 0 Å². The van der Waals surface area contributed by atoms with Crippen LogP contribution in [-0.4, -0.2) is 29.7 Å². The van der Waals surface area contributed by atoms with Crippen LogP contribution in [0.3, 0.4) is 0 Å². The lowest BCUT2D eigenvalue weighted by atomic mass is 10.1. The van der Waals surface area contributed by atoms with E-state index in [-0.39, 0.29) is 6.10 Å². The molecule has 1 aliphatic rings. The summed E-state index contributed by atoms with van der Waals surface area (Å²) in [6.45, 7) is 4.24. The van der Waals surface area contributed by atoms with E-state index in [0.29, 0.717) is 6.61 Å². The van der Waals surface area contributed by atoms with Gasteiger partial charge in [0.05, 0.1) is 12.7 Å². The molecule has 0 aliphatic carbocycles. The molecule has 0 aromatic carbocycles. The van der Waals surface area contributed by atoms with Gasteiger partial charge in [-0.05, 0) is 24.6 Å². The Morgan fingerprint density at radius 3 is 3.21 bits per heavy atom. The number of hydrogen-bond donors (Lipinski definition) is 1. The number of nitrogens with two attached hydrogens (primary N) is 1. The topological polar surface area (TPSA) is 51.4 Å². The van der Waals surface area contributed by atoms with Gasteiger partial charge in [-0.2, -0.15) is 0 Å². The molecule has 1 aliphatic heterocycles. The molecule has 76 valence electrons. The molecule has 4 nitrogen and oxygen atoms in total. The molecular weight excluding hydrogens is 178 g/mol. The van der Waals surface area contributed by atoms with Gasteiger partial charge in [-0.25, -0.2) is 5.01 Å². The summed E-state index contributed by atoms with van der Waals surface area (Å²) in [7, 11) is 0. The van der Waals surface area contributed by atoms with Crippen molar-refractivity contribution < 1.29 is 4.74 Å². The van der Waals surface area contributed by atoms with Gasteiger partial charge in [-0.3, -0.25) is 10.8 Å². The Hall–Kier alpha value is -0.970. The molecule has 1 aromatic heterocycles. The van der Waals surface area contributed by atoms with E-state index in [1.807, 2.05) is 25.3 Å². The molecule has 1 saturated heterocycles. The molecule has 4 heteroatoms. The van der Waals surface area contributed by atoms with Crippen molar-refractivity contribution in [1.82, 2.24) is 9.99 Å². The van der Waals surface area contributed by atoms with Crippen molar-refractivity contribution in [2.45, 2.75) is 13.0 Å². The Morgan fingerprint density at radius 2 is 2.50 bits per heavy atom. The fourth-order valence-electron chi connectivity index (χ4n) is 1.64. The van der Waals surface area contributed by atoms with E-state index in [9.17, 15) is 0 Å². The fraction of sp³-hybridized carbons (Fsp3) is 0.500. The highest BCUT2D eigenvalue weighted by Gasteiger charge is 2.19. The van der Waals surface area contributed by atoms with Gasteiger partial charge in [0, 0.05) is 25.0 Å². The monoisotopic (exact) mass is 193 g/mol. The molecule has 14 heavy (non-hydrogen) atoms. The normalized spacial score (nSPS) is 23.7. The average molecular weight is 193 g/mol. The molecule has 2 N–H and O–H groups in total. The number of hydrogen-bond acceptors (Lipinski definition) is 4. The van der Waals surface area contributed by atoms with Crippen molar-refractivity contribution in [2.24, 2.45) is 5.84 Å². The maximum atomic E-state index is 5.74. The van der Waals surface area contributed by atoms with E-state index in [0.717, 1.165) is 24.3 Å². The van der Waals surface area contributed by atoms with Crippen molar-refractivity contribution in [3.63, 3.8) is 0 Å². The van der Waals surface area contributed by atoms with Crippen LogP contribution in [0.1, 0.15) is 17.4 Å². The zero-order valence-electron chi connectivity index (χ0n) is 8.31. The minimum atomic E-state index is 0.0930. The Bertz CT molecular complexity index is 316. The molecular formula is C10H15N3O. The van der Waals surface area contributed by atoms with Crippen molar-refractivity contribution in [3.8, 4) is 0 Å². The summed E-state index contributed by atoms with van der Waals surface area (Å²) in [6.07, 6.45) is 1.90. The summed E-state index contributed by atoms with van der Waals surface area (Å²) in [5.41, 5.74) is 2.17. The number of nitrogens with zero attached hydrogens (tertiary/aromatic N) is 2. The quantitative estimate of drug-likeness (QED) is 0.665. The number of morpholine rings is 1. The first-order valence-electron chi connectivity index (χ1n) is 4.79. The maximum absolute atomic E-state index is 5.74. The predicted molar refractivity (Wildman–Crippen MR) is 53.4 cm³/mol. The first-order valence-corrected chi connectivity index (χ1v) is 4.79. The van der Waals surface area contributed by atoms with Gasteiger partial charge in [-0.15, -0.1) is 0 Å². The van der Waals surface area contributed by atoms with Crippen LogP contribution in [0, 0.1) is 6.92 Å². The van der Waals surface area contributed by atoms with Crippen LogP contribution >= 0.6 is 0 Å². The first-order chi connectivity index (χ1) is 6.75. The largest absolute Gasteiger partial charge is 0.371 e. The third kappa shape index (κ3) is 2.09. The molecule has 2 heterocycles. The summed E-state index contributed by atoms with van der Waals surface area (Å²) in [5, 5.41) is 1.80. The SMILES string of the molecule is Cc1cc(C2CN(N)CCO2)ccn1. The predicted octanol–water partition coefficient (Wildman–Crippen LogP) is 0.637. The van der Waals surface area contributed by atoms with Crippen LogP contribution < -0.4 is 5.84 Å². The second kappa shape index (κ2) is 4.04. The van der Waals surface area contributed by atoms with E-state index in [1.54, 1.807) is 5.01 Å². The van der Waals surface area contributed by atoms with E-state index >= 15 is 0 Å². The summed E-state index contributed by atoms with van der Waals surface area (Å²) in [4.78, 5) is 4.15. The first kappa shape index (κ1) is 9.58. The average Bonchev–Trinajstić information content (AvgIpc) is 2.18. The van der Waals surface area contributed by atoms with Gasteiger partial charge in [-0.1, -0.05) is 0 Å². The van der Waals surface area contributed by atoms with Gasteiger partial charge in [0.25, 0.3) is 0 Å². The second-order valence-electron chi connectivity index (χ2n) is 3.58. The van der Waals surface area contributed by atoms with Crippen LogP contribution in [0.25, 0.3) is 0 Å². The lowest BCUT2D eigenvalue weighted by Crippen LogP contribution is -2.42. The molecule has 0 amide bonds. The highest BCUT2D eigenvalue weighted by Crippen LogP contribution is 2.20. The van der Waals surface area contributed by atoms with Crippen LogP contribution in [-0.2, 0) is 4.74 Å². The Labute approximate surface area is 83.7 Å². The third-order valence-corrected chi connectivity index (χ3v) is 2.39. The van der Waals surface area contributed by atoms with E-state index in [4.69, 9.17) is 10.6 Å². The van der Waals surface area contributed by atoms with Gasteiger partial charge in [0.2, 0.25) is 0 Å². The summed E-state index contributed by atoms with van der Waals surface area (Å²) >= 11 is 0. The molecule has 1 aromatic rings. The van der Waals surface area contributed by atoms with E-state index < -0.39 is 0 Å². The highest BCUT2D eigenvalue weighted by molar-refractivity contribution is 5.18. The molecule has 2 rings (SSSR count). The molecule has 1 fully saturated rings. The van der Waals surface area contributed by atoms with Crippen LogP contribution in [0.5, 0.6) is 0 Å². The Morgan fingerprint density at radius 1 is 1.64 bits per heavy atom. The summed E-state index contributed by atoms with van der Waals surface area (Å²) < 4.78 is 5.64. The lowest BCUT2D eigenvalue weighted by Gasteiger charge is -2.29. The molecule has 1 atom stereocenters. The number of aryl methyl sites for hydroxylation is 1. The standard InChI is InChI=1S/C10H15N3O/c1-8-6-9(2-3-12-8)10-7-13(11)4-5-14-10/h2-3,6,10H,4-5,7,11H2,1H3. The minimum absolute atomic E-state index is 0.0930. The van der Waals surface area contributed by atoms with Gasteiger partial charge >= 0.3 is 0 Å². The minimum Gasteiger partial charge on any atom is -0.371 e. The van der Waals surface area contributed by atoms with E-state index in [2.05, 4.69) is 4.98 Å². The number of aromatic nitrogens is 1. The third-order valence-electron chi connectivity index (χ3n) is 2.39. The smallest absolute Gasteiger partial charge is 0.0967 e. The van der Waals surface area contributed by atoms with Crippen LogP contribution in [0.15, 0.2) is 18.3 Å². The fourth-order valence-corrected chi connectivity index (χ4v) is 1.64. The van der Waals surface area contributed by atoms with E-state index in [1.165, 1.54) is 0 Å². The van der Waals surface area contributed by atoms with Crippen molar-refractivity contribution in [2.75, 3.05) is 19.7 Å². The van der Waals surface area contributed by atoms with Crippen molar-refractivity contribution in [3.05, 3.63) is 29.6 Å². The lowest BCUT2D eigenvalue weighted by molar-refractivity contribution is -0.0304. The maximum Gasteiger partial charge on any atom is 0.0967 e. The number of rotatable bonds is 1. The molecule has 0 bridgehead atoms. The van der Waals surface area contributed by atoms with Crippen LogP contribution in [0.4, 0.5) is 0 Å². The number of pyridine rings is 1.